The number of anilines is 1. The van der Waals surface area contributed by atoms with Crippen molar-refractivity contribution in [3.63, 3.8) is 0 Å². The molecule has 1 aliphatic heterocycles. The Bertz CT molecular complexity index is 413. The topological polar surface area (TPSA) is 29.3 Å². The standard InChI is InChI=1S/C17H28N2/c1-4-17(5-2,12-18)13-19-10-6-7-15-11-14(3)8-9-16(15)19/h8-9,11H,4-7,10,12-13,18H2,1-3H3. The van der Waals surface area contributed by atoms with Crippen LogP contribution in [0.1, 0.15) is 44.2 Å². The lowest BCUT2D eigenvalue weighted by Crippen LogP contribution is -2.44. The molecule has 0 unspecified atom stereocenters. The van der Waals surface area contributed by atoms with Crippen LogP contribution >= 0.6 is 0 Å². The van der Waals surface area contributed by atoms with E-state index in [1.807, 2.05) is 0 Å². The van der Waals surface area contributed by atoms with Crippen LogP contribution in [-0.2, 0) is 6.42 Å². The Balaban J connectivity index is 2.24. The summed E-state index contributed by atoms with van der Waals surface area (Å²) >= 11 is 0. The molecule has 2 N–H and O–H groups in total. The van der Waals surface area contributed by atoms with E-state index in [4.69, 9.17) is 5.73 Å². The predicted molar refractivity (Wildman–Crippen MR) is 83.8 cm³/mol. The minimum Gasteiger partial charge on any atom is -0.371 e. The number of hydrogen-bond donors (Lipinski definition) is 1. The fourth-order valence-electron chi connectivity index (χ4n) is 3.20. The van der Waals surface area contributed by atoms with E-state index in [2.05, 4.69) is 43.9 Å². The van der Waals surface area contributed by atoms with E-state index >= 15 is 0 Å². The Labute approximate surface area is 118 Å². The summed E-state index contributed by atoms with van der Waals surface area (Å²) in [5.41, 5.74) is 10.7. The second-order valence-corrected chi connectivity index (χ2v) is 6.07. The molecule has 0 bridgehead atoms. The Morgan fingerprint density at radius 1 is 1.26 bits per heavy atom. The van der Waals surface area contributed by atoms with E-state index in [1.54, 1.807) is 0 Å². The smallest absolute Gasteiger partial charge is 0.0399 e. The molecule has 0 fully saturated rings. The summed E-state index contributed by atoms with van der Waals surface area (Å²) in [6.45, 7) is 9.80. The molecule has 0 saturated carbocycles. The van der Waals surface area contributed by atoms with Gasteiger partial charge in [-0.2, -0.15) is 0 Å². The third kappa shape index (κ3) is 2.94. The van der Waals surface area contributed by atoms with Crippen molar-refractivity contribution < 1.29 is 0 Å². The van der Waals surface area contributed by atoms with Gasteiger partial charge in [0.25, 0.3) is 0 Å². The Kier molecular flexibility index (Phi) is 4.51. The maximum atomic E-state index is 6.06. The molecule has 2 nitrogen and oxygen atoms in total. The van der Waals surface area contributed by atoms with E-state index < -0.39 is 0 Å². The average Bonchev–Trinajstić information content (AvgIpc) is 2.44. The molecule has 0 aliphatic carbocycles. The lowest BCUT2D eigenvalue weighted by Gasteiger charge is -2.40. The maximum absolute atomic E-state index is 6.06. The van der Waals surface area contributed by atoms with Crippen LogP contribution < -0.4 is 10.6 Å². The van der Waals surface area contributed by atoms with E-state index in [9.17, 15) is 0 Å². The monoisotopic (exact) mass is 260 g/mol. The molecular weight excluding hydrogens is 232 g/mol. The molecule has 2 heteroatoms. The minimum atomic E-state index is 0.277. The fraction of sp³-hybridized carbons (Fsp3) is 0.647. The van der Waals surface area contributed by atoms with Crippen molar-refractivity contribution >= 4 is 5.69 Å². The second-order valence-electron chi connectivity index (χ2n) is 6.07. The normalized spacial score (nSPS) is 15.5. The van der Waals surface area contributed by atoms with E-state index in [-0.39, 0.29) is 5.41 Å². The summed E-state index contributed by atoms with van der Waals surface area (Å²) in [6, 6.07) is 6.89. The van der Waals surface area contributed by atoms with Gasteiger partial charge in [0.05, 0.1) is 0 Å². The summed E-state index contributed by atoms with van der Waals surface area (Å²) < 4.78 is 0. The molecule has 19 heavy (non-hydrogen) atoms. The number of nitrogens with two attached hydrogens (primary N) is 1. The van der Waals surface area contributed by atoms with Gasteiger partial charge in [-0.25, -0.2) is 0 Å². The van der Waals surface area contributed by atoms with Crippen molar-refractivity contribution in [2.45, 2.75) is 46.5 Å². The molecule has 1 aliphatic rings. The van der Waals surface area contributed by atoms with Gasteiger partial charge in [-0.05, 0) is 56.2 Å². The van der Waals surface area contributed by atoms with Gasteiger partial charge < -0.3 is 10.6 Å². The van der Waals surface area contributed by atoms with E-state index in [1.165, 1.54) is 36.2 Å². The van der Waals surface area contributed by atoms with Crippen LogP contribution in [0.2, 0.25) is 0 Å². The largest absolute Gasteiger partial charge is 0.371 e. The van der Waals surface area contributed by atoms with Crippen LogP contribution in [0.15, 0.2) is 18.2 Å². The number of benzene rings is 1. The highest BCUT2D eigenvalue weighted by Gasteiger charge is 2.29. The highest BCUT2D eigenvalue weighted by Crippen LogP contribution is 2.33. The van der Waals surface area contributed by atoms with E-state index in [0.717, 1.165) is 25.9 Å². The molecular formula is C17H28N2. The Morgan fingerprint density at radius 3 is 2.63 bits per heavy atom. The number of rotatable bonds is 5. The number of hydrogen-bond acceptors (Lipinski definition) is 2. The molecule has 106 valence electrons. The predicted octanol–water partition coefficient (Wildman–Crippen LogP) is 3.51. The SMILES string of the molecule is CCC(CC)(CN)CN1CCCc2cc(C)ccc21. The number of nitrogens with zero attached hydrogens (tertiary/aromatic N) is 1. The van der Waals surface area contributed by atoms with Crippen molar-refractivity contribution in [1.29, 1.82) is 0 Å². The third-order valence-electron chi connectivity index (χ3n) is 4.91. The average molecular weight is 260 g/mol. The van der Waals surface area contributed by atoms with Crippen molar-refractivity contribution in [2.24, 2.45) is 11.1 Å². The van der Waals surface area contributed by atoms with Gasteiger partial charge in [0, 0.05) is 18.8 Å². The summed E-state index contributed by atoms with van der Waals surface area (Å²) in [5.74, 6) is 0. The van der Waals surface area contributed by atoms with Gasteiger partial charge in [-0.3, -0.25) is 0 Å². The van der Waals surface area contributed by atoms with Gasteiger partial charge in [0.1, 0.15) is 0 Å². The lowest BCUT2D eigenvalue weighted by atomic mass is 9.81. The zero-order valence-electron chi connectivity index (χ0n) is 12.7. The molecule has 0 radical (unpaired) electrons. The van der Waals surface area contributed by atoms with Crippen molar-refractivity contribution in [2.75, 3.05) is 24.5 Å². The van der Waals surface area contributed by atoms with Gasteiger partial charge in [0.15, 0.2) is 0 Å². The van der Waals surface area contributed by atoms with Gasteiger partial charge in [-0.1, -0.05) is 31.5 Å². The van der Waals surface area contributed by atoms with E-state index in [0.29, 0.717) is 0 Å². The number of aryl methyl sites for hydroxylation is 2. The molecule has 1 aromatic rings. The van der Waals surface area contributed by atoms with Crippen LogP contribution in [0, 0.1) is 12.3 Å². The van der Waals surface area contributed by atoms with Crippen LogP contribution in [0.3, 0.4) is 0 Å². The van der Waals surface area contributed by atoms with Crippen LogP contribution in [0.4, 0.5) is 5.69 Å². The van der Waals surface area contributed by atoms with Crippen LogP contribution in [-0.4, -0.2) is 19.6 Å². The molecule has 1 heterocycles. The highest BCUT2D eigenvalue weighted by molar-refractivity contribution is 5.56. The first-order chi connectivity index (χ1) is 9.14. The first-order valence-electron chi connectivity index (χ1n) is 7.68. The third-order valence-corrected chi connectivity index (χ3v) is 4.91. The molecule has 0 atom stereocenters. The van der Waals surface area contributed by atoms with Crippen molar-refractivity contribution in [3.8, 4) is 0 Å². The molecule has 0 saturated heterocycles. The van der Waals surface area contributed by atoms with Crippen LogP contribution in [0.25, 0.3) is 0 Å². The van der Waals surface area contributed by atoms with Gasteiger partial charge in [-0.15, -0.1) is 0 Å². The zero-order chi connectivity index (χ0) is 13.9. The van der Waals surface area contributed by atoms with Crippen molar-refractivity contribution in [3.05, 3.63) is 29.3 Å². The van der Waals surface area contributed by atoms with Gasteiger partial charge in [0.2, 0.25) is 0 Å². The molecule has 1 aromatic carbocycles. The van der Waals surface area contributed by atoms with Crippen LogP contribution in [0.5, 0.6) is 0 Å². The first-order valence-corrected chi connectivity index (χ1v) is 7.68. The molecule has 2 rings (SSSR count). The fourth-order valence-corrected chi connectivity index (χ4v) is 3.20. The summed E-state index contributed by atoms with van der Waals surface area (Å²) in [6.07, 6.45) is 4.82. The zero-order valence-corrected chi connectivity index (χ0v) is 12.7. The quantitative estimate of drug-likeness (QED) is 0.878. The summed E-state index contributed by atoms with van der Waals surface area (Å²) in [4.78, 5) is 2.57. The second kappa shape index (κ2) is 5.96. The Hall–Kier alpha value is -1.02. The Morgan fingerprint density at radius 2 is 2.00 bits per heavy atom. The van der Waals surface area contributed by atoms with Gasteiger partial charge >= 0.3 is 0 Å². The maximum Gasteiger partial charge on any atom is 0.0399 e. The summed E-state index contributed by atoms with van der Waals surface area (Å²) in [7, 11) is 0. The van der Waals surface area contributed by atoms with Crippen molar-refractivity contribution in [1.82, 2.24) is 0 Å². The molecule has 0 aromatic heterocycles. The molecule has 0 spiro atoms. The first kappa shape index (κ1) is 14.4. The minimum absolute atomic E-state index is 0.277. The summed E-state index contributed by atoms with van der Waals surface area (Å²) in [5, 5.41) is 0. The number of fused-ring (bicyclic) bond motifs is 1. The lowest BCUT2D eigenvalue weighted by molar-refractivity contribution is 0.275. The molecule has 0 amide bonds. The highest BCUT2D eigenvalue weighted by atomic mass is 15.1.